The number of halogens is 3. The first kappa shape index (κ1) is 20.5. The van der Waals surface area contributed by atoms with Gasteiger partial charge in [-0.25, -0.2) is 0 Å². The third-order valence-electron chi connectivity index (χ3n) is 3.22. The molecule has 0 atom stereocenters. The number of alkyl halides is 3. The van der Waals surface area contributed by atoms with Gasteiger partial charge >= 0.3 is 6.18 Å². The van der Waals surface area contributed by atoms with Gasteiger partial charge < -0.3 is 15.4 Å². The van der Waals surface area contributed by atoms with Crippen LogP contribution in [0.3, 0.4) is 0 Å². The lowest BCUT2D eigenvalue weighted by Gasteiger charge is -2.23. The monoisotopic (exact) mass is 363 g/mol. The molecule has 0 aliphatic heterocycles. The second-order valence-corrected chi connectivity index (χ2v) is 7.31. The Bertz CT molecular complexity index is 548. The van der Waals surface area contributed by atoms with Crippen LogP contribution in [0.4, 0.5) is 13.2 Å². The first-order chi connectivity index (χ1) is 11.1. The minimum atomic E-state index is -4.34. The van der Waals surface area contributed by atoms with Crippen molar-refractivity contribution >= 4 is 17.7 Å². The zero-order chi connectivity index (χ0) is 18.2. The van der Waals surface area contributed by atoms with E-state index in [1.54, 1.807) is 30.9 Å². The number of aliphatic imine (C=N–C) groups is 1. The SMILES string of the molecule is CN=C(NCc1cccc(OCC(F)(F)F)c1)NCC(C)(C)SC. The van der Waals surface area contributed by atoms with Gasteiger partial charge in [-0.1, -0.05) is 12.1 Å². The highest BCUT2D eigenvalue weighted by molar-refractivity contribution is 7.99. The van der Waals surface area contributed by atoms with E-state index in [2.05, 4.69) is 29.5 Å². The summed E-state index contributed by atoms with van der Waals surface area (Å²) in [5.74, 6) is 0.830. The molecule has 0 amide bonds. The molecule has 0 radical (unpaired) electrons. The number of thioether (sulfide) groups is 1. The van der Waals surface area contributed by atoms with E-state index in [1.165, 1.54) is 6.07 Å². The van der Waals surface area contributed by atoms with Crippen LogP contribution in [0.2, 0.25) is 0 Å². The molecule has 0 unspecified atom stereocenters. The smallest absolute Gasteiger partial charge is 0.422 e. The molecule has 4 nitrogen and oxygen atoms in total. The minimum absolute atomic E-state index is 0.0724. The van der Waals surface area contributed by atoms with E-state index in [-0.39, 0.29) is 10.5 Å². The van der Waals surface area contributed by atoms with E-state index in [4.69, 9.17) is 4.74 Å². The van der Waals surface area contributed by atoms with Gasteiger partial charge in [-0.15, -0.1) is 0 Å². The third-order valence-corrected chi connectivity index (χ3v) is 4.47. The largest absolute Gasteiger partial charge is 0.484 e. The average Bonchev–Trinajstić information content (AvgIpc) is 2.53. The van der Waals surface area contributed by atoms with E-state index in [0.29, 0.717) is 12.5 Å². The molecule has 0 saturated carbocycles. The molecule has 0 heterocycles. The lowest BCUT2D eigenvalue weighted by atomic mass is 10.2. The maximum Gasteiger partial charge on any atom is 0.422 e. The molecule has 2 N–H and O–H groups in total. The van der Waals surface area contributed by atoms with Gasteiger partial charge in [0.15, 0.2) is 12.6 Å². The summed E-state index contributed by atoms with van der Waals surface area (Å²) in [6.07, 6.45) is -2.30. The number of hydrogen-bond acceptors (Lipinski definition) is 3. The quantitative estimate of drug-likeness (QED) is 0.575. The van der Waals surface area contributed by atoms with E-state index >= 15 is 0 Å². The number of guanidine groups is 1. The molecule has 0 bridgehead atoms. The summed E-state index contributed by atoms with van der Waals surface area (Å²) in [5.41, 5.74) is 0.807. The van der Waals surface area contributed by atoms with Crippen molar-refractivity contribution < 1.29 is 17.9 Å². The molecular weight excluding hydrogens is 339 g/mol. The highest BCUT2D eigenvalue weighted by atomic mass is 32.2. The van der Waals surface area contributed by atoms with Crippen LogP contribution in [0.1, 0.15) is 19.4 Å². The summed E-state index contributed by atoms with van der Waals surface area (Å²) < 4.78 is 41.4. The maximum absolute atomic E-state index is 12.2. The average molecular weight is 363 g/mol. The summed E-state index contributed by atoms with van der Waals surface area (Å²) in [6.45, 7) is 4.13. The molecule has 1 aromatic rings. The summed E-state index contributed by atoms with van der Waals surface area (Å²) >= 11 is 1.75. The second-order valence-electron chi connectivity index (χ2n) is 5.79. The van der Waals surface area contributed by atoms with E-state index < -0.39 is 12.8 Å². The Morgan fingerprint density at radius 1 is 1.25 bits per heavy atom. The fourth-order valence-corrected chi connectivity index (χ4v) is 1.90. The molecule has 8 heteroatoms. The van der Waals surface area contributed by atoms with Crippen LogP contribution in [0, 0.1) is 0 Å². The number of benzene rings is 1. The van der Waals surface area contributed by atoms with Gasteiger partial charge in [0.2, 0.25) is 0 Å². The molecule has 0 fully saturated rings. The maximum atomic E-state index is 12.2. The summed E-state index contributed by atoms with van der Waals surface area (Å²) in [6, 6.07) is 6.56. The highest BCUT2D eigenvalue weighted by Crippen LogP contribution is 2.20. The number of ether oxygens (including phenoxy) is 1. The fraction of sp³-hybridized carbons (Fsp3) is 0.562. The van der Waals surface area contributed by atoms with Crippen LogP contribution in [-0.2, 0) is 6.54 Å². The highest BCUT2D eigenvalue weighted by Gasteiger charge is 2.28. The molecule has 0 spiro atoms. The van der Waals surface area contributed by atoms with Gasteiger partial charge in [0, 0.05) is 24.9 Å². The van der Waals surface area contributed by atoms with Crippen LogP contribution < -0.4 is 15.4 Å². The Hall–Kier alpha value is -1.57. The Morgan fingerprint density at radius 2 is 1.96 bits per heavy atom. The van der Waals surface area contributed by atoms with Crippen molar-refractivity contribution in [3.63, 3.8) is 0 Å². The van der Waals surface area contributed by atoms with Crippen molar-refractivity contribution in [1.82, 2.24) is 10.6 Å². The predicted octanol–water partition coefficient (Wildman–Crippen LogP) is 3.43. The molecule has 24 heavy (non-hydrogen) atoms. The van der Waals surface area contributed by atoms with Crippen molar-refractivity contribution in [3.8, 4) is 5.75 Å². The van der Waals surface area contributed by atoms with Gasteiger partial charge in [0.25, 0.3) is 0 Å². The molecule has 0 saturated heterocycles. The first-order valence-electron chi connectivity index (χ1n) is 7.43. The van der Waals surface area contributed by atoms with E-state index in [0.717, 1.165) is 12.1 Å². The van der Waals surface area contributed by atoms with Gasteiger partial charge in [0.1, 0.15) is 5.75 Å². The van der Waals surface area contributed by atoms with Gasteiger partial charge in [0.05, 0.1) is 0 Å². The Kier molecular flexibility index (Phi) is 7.72. The Balaban J connectivity index is 2.54. The summed E-state index contributed by atoms with van der Waals surface area (Å²) in [5, 5.41) is 6.36. The van der Waals surface area contributed by atoms with Gasteiger partial charge in [-0.05, 0) is 37.8 Å². The molecular formula is C16H24F3N3OS. The van der Waals surface area contributed by atoms with Crippen molar-refractivity contribution in [2.24, 2.45) is 4.99 Å². The fourth-order valence-electron chi connectivity index (χ4n) is 1.69. The number of nitrogens with one attached hydrogen (secondary N) is 2. The van der Waals surface area contributed by atoms with Gasteiger partial charge in [-0.2, -0.15) is 24.9 Å². The Morgan fingerprint density at radius 3 is 2.54 bits per heavy atom. The second kappa shape index (κ2) is 9.05. The number of rotatable bonds is 7. The predicted molar refractivity (Wildman–Crippen MR) is 93.8 cm³/mol. The van der Waals surface area contributed by atoms with Crippen LogP contribution in [0.25, 0.3) is 0 Å². The van der Waals surface area contributed by atoms with Crippen molar-refractivity contribution in [3.05, 3.63) is 29.8 Å². The van der Waals surface area contributed by atoms with E-state index in [1.807, 2.05) is 12.3 Å². The zero-order valence-electron chi connectivity index (χ0n) is 14.3. The van der Waals surface area contributed by atoms with Crippen LogP contribution in [-0.4, -0.2) is 43.3 Å². The summed E-state index contributed by atoms with van der Waals surface area (Å²) in [7, 11) is 1.67. The minimum Gasteiger partial charge on any atom is -0.484 e. The standard InChI is InChI=1S/C16H24F3N3OS/c1-15(2,24-4)10-22-14(20-3)21-9-12-6-5-7-13(8-12)23-11-16(17,18)19/h5-8H,9-11H2,1-4H3,(H2,20,21,22). The molecule has 136 valence electrons. The number of hydrogen-bond donors (Lipinski definition) is 2. The molecule has 0 aliphatic rings. The molecule has 1 rings (SSSR count). The van der Waals surface area contributed by atoms with Crippen molar-refractivity contribution in [2.45, 2.75) is 31.3 Å². The lowest BCUT2D eigenvalue weighted by Crippen LogP contribution is -2.42. The number of nitrogens with zero attached hydrogens (tertiary/aromatic N) is 1. The van der Waals surface area contributed by atoms with Crippen molar-refractivity contribution in [1.29, 1.82) is 0 Å². The molecule has 1 aromatic carbocycles. The molecule has 0 aromatic heterocycles. The first-order valence-corrected chi connectivity index (χ1v) is 8.66. The Labute approximate surface area is 145 Å². The summed E-state index contributed by atoms with van der Waals surface area (Å²) in [4.78, 5) is 4.14. The van der Waals surface area contributed by atoms with Crippen LogP contribution in [0.15, 0.2) is 29.3 Å². The molecule has 0 aliphatic carbocycles. The topological polar surface area (TPSA) is 45.7 Å². The lowest BCUT2D eigenvalue weighted by molar-refractivity contribution is -0.153. The zero-order valence-corrected chi connectivity index (χ0v) is 15.1. The van der Waals surface area contributed by atoms with Gasteiger partial charge in [-0.3, -0.25) is 4.99 Å². The van der Waals surface area contributed by atoms with Crippen molar-refractivity contribution in [2.75, 3.05) is 26.5 Å². The normalized spacial score (nSPS) is 12.9. The van der Waals surface area contributed by atoms with Crippen LogP contribution >= 0.6 is 11.8 Å². The van der Waals surface area contributed by atoms with Crippen LogP contribution in [0.5, 0.6) is 5.75 Å². The third kappa shape index (κ3) is 8.33. The van der Waals surface area contributed by atoms with E-state index in [9.17, 15) is 13.2 Å².